The molecule has 0 aliphatic carbocycles. The van der Waals surface area contributed by atoms with Crippen LogP contribution in [0.15, 0.2) is 24.4 Å². The van der Waals surface area contributed by atoms with E-state index in [9.17, 15) is 4.79 Å². The van der Waals surface area contributed by atoms with Crippen LogP contribution < -0.4 is 11.1 Å². The van der Waals surface area contributed by atoms with Crippen molar-refractivity contribution in [1.82, 2.24) is 10.3 Å². The molecule has 16 heavy (non-hydrogen) atoms. The molecule has 1 amide bonds. The second-order valence-electron chi connectivity index (χ2n) is 4.09. The molecule has 3 N–H and O–H groups in total. The molecule has 0 radical (unpaired) electrons. The van der Waals surface area contributed by atoms with Crippen molar-refractivity contribution in [2.45, 2.75) is 26.3 Å². The number of nitrogens with zero attached hydrogens (tertiary/aromatic N) is 1. The minimum atomic E-state index is -0.0568. The molecule has 0 bridgehead atoms. The Balaban J connectivity index is 2.46. The summed E-state index contributed by atoms with van der Waals surface area (Å²) in [5.41, 5.74) is 6.34. The van der Waals surface area contributed by atoms with Gasteiger partial charge in [-0.25, -0.2) is 0 Å². The number of aromatic nitrogens is 1. The predicted molar refractivity (Wildman–Crippen MR) is 63.6 cm³/mol. The fourth-order valence-electron chi connectivity index (χ4n) is 1.41. The molecule has 88 valence electrons. The van der Waals surface area contributed by atoms with Gasteiger partial charge in [0, 0.05) is 12.6 Å². The number of amides is 1. The SMILES string of the molecule is CC(CN)CC(=O)N[C@@H](C)c1ccccn1. The maximum absolute atomic E-state index is 11.6. The van der Waals surface area contributed by atoms with Gasteiger partial charge in [0.25, 0.3) is 0 Å². The van der Waals surface area contributed by atoms with Crippen molar-refractivity contribution >= 4 is 5.91 Å². The van der Waals surface area contributed by atoms with Crippen LogP contribution in [0, 0.1) is 5.92 Å². The van der Waals surface area contributed by atoms with Crippen molar-refractivity contribution in [3.63, 3.8) is 0 Å². The van der Waals surface area contributed by atoms with Gasteiger partial charge in [0.2, 0.25) is 5.91 Å². The molecule has 0 spiro atoms. The highest BCUT2D eigenvalue weighted by Crippen LogP contribution is 2.09. The van der Waals surface area contributed by atoms with Gasteiger partial charge in [-0.3, -0.25) is 9.78 Å². The van der Waals surface area contributed by atoms with E-state index in [1.54, 1.807) is 6.20 Å². The Morgan fingerprint density at radius 2 is 2.25 bits per heavy atom. The lowest BCUT2D eigenvalue weighted by molar-refractivity contribution is -0.122. The summed E-state index contributed by atoms with van der Waals surface area (Å²) >= 11 is 0. The first kappa shape index (κ1) is 12.6. The molecule has 0 aromatic carbocycles. The molecular weight excluding hydrogens is 202 g/mol. The molecule has 1 rings (SSSR count). The topological polar surface area (TPSA) is 68.0 Å². The molecule has 4 heteroatoms. The van der Waals surface area contributed by atoms with Crippen LogP contribution in [0.1, 0.15) is 32.0 Å². The van der Waals surface area contributed by atoms with Gasteiger partial charge in [0.05, 0.1) is 11.7 Å². The van der Waals surface area contributed by atoms with E-state index in [2.05, 4.69) is 10.3 Å². The standard InChI is InChI=1S/C12H19N3O/c1-9(8-13)7-12(16)15-10(2)11-5-3-4-6-14-11/h3-6,9-10H,7-8,13H2,1-2H3,(H,15,16)/t9?,10-/m0/s1. The van der Waals surface area contributed by atoms with Crippen molar-refractivity contribution in [2.75, 3.05) is 6.54 Å². The van der Waals surface area contributed by atoms with Crippen LogP contribution in [0.3, 0.4) is 0 Å². The van der Waals surface area contributed by atoms with Crippen LogP contribution in [0.5, 0.6) is 0 Å². The summed E-state index contributed by atoms with van der Waals surface area (Å²) < 4.78 is 0. The number of pyridine rings is 1. The Morgan fingerprint density at radius 3 is 2.81 bits per heavy atom. The first-order chi connectivity index (χ1) is 7.63. The summed E-state index contributed by atoms with van der Waals surface area (Å²) in [4.78, 5) is 15.8. The zero-order valence-electron chi connectivity index (χ0n) is 9.81. The second kappa shape index (κ2) is 6.23. The smallest absolute Gasteiger partial charge is 0.220 e. The Labute approximate surface area is 96.3 Å². The highest BCUT2D eigenvalue weighted by molar-refractivity contribution is 5.76. The lowest BCUT2D eigenvalue weighted by atomic mass is 10.1. The van der Waals surface area contributed by atoms with Gasteiger partial charge in [-0.05, 0) is 31.5 Å². The van der Waals surface area contributed by atoms with Gasteiger partial charge in [-0.2, -0.15) is 0 Å². The zero-order chi connectivity index (χ0) is 12.0. The Kier molecular flexibility index (Phi) is 4.92. The van der Waals surface area contributed by atoms with Gasteiger partial charge in [0.1, 0.15) is 0 Å². The van der Waals surface area contributed by atoms with E-state index >= 15 is 0 Å². The fourth-order valence-corrected chi connectivity index (χ4v) is 1.41. The molecule has 0 fully saturated rings. The van der Waals surface area contributed by atoms with Gasteiger partial charge in [0.15, 0.2) is 0 Å². The van der Waals surface area contributed by atoms with Crippen molar-refractivity contribution < 1.29 is 4.79 Å². The van der Waals surface area contributed by atoms with Crippen LogP contribution in [-0.2, 0) is 4.79 Å². The Morgan fingerprint density at radius 1 is 1.50 bits per heavy atom. The quantitative estimate of drug-likeness (QED) is 0.786. The number of nitrogens with one attached hydrogen (secondary N) is 1. The molecule has 0 saturated heterocycles. The van der Waals surface area contributed by atoms with E-state index in [0.29, 0.717) is 13.0 Å². The van der Waals surface area contributed by atoms with Gasteiger partial charge >= 0.3 is 0 Å². The van der Waals surface area contributed by atoms with Gasteiger partial charge in [-0.15, -0.1) is 0 Å². The van der Waals surface area contributed by atoms with Crippen LogP contribution in [0.25, 0.3) is 0 Å². The molecule has 0 aliphatic heterocycles. The first-order valence-corrected chi connectivity index (χ1v) is 5.53. The maximum atomic E-state index is 11.6. The summed E-state index contributed by atoms with van der Waals surface area (Å²) in [6.45, 7) is 4.42. The van der Waals surface area contributed by atoms with E-state index in [0.717, 1.165) is 5.69 Å². The minimum Gasteiger partial charge on any atom is -0.348 e. The number of nitrogens with two attached hydrogens (primary N) is 1. The third kappa shape index (κ3) is 3.98. The summed E-state index contributed by atoms with van der Waals surface area (Å²) in [6.07, 6.45) is 2.19. The highest BCUT2D eigenvalue weighted by atomic mass is 16.1. The molecule has 0 aliphatic rings. The van der Waals surface area contributed by atoms with E-state index in [1.165, 1.54) is 0 Å². The van der Waals surface area contributed by atoms with Crippen LogP contribution in [-0.4, -0.2) is 17.4 Å². The largest absolute Gasteiger partial charge is 0.348 e. The maximum Gasteiger partial charge on any atom is 0.220 e. The summed E-state index contributed by atoms with van der Waals surface area (Å²) in [6, 6.07) is 5.61. The summed E-state index contributed by atoms with van der Waals surface area (Å²) in [7, 11) is 0. The minimum absolute atomic E-state index is 0.0242. The molecule has 4 nitrogen and oxygen atoms in total. The van der Waals surface area contributed by atoms with E-state index in [4.69, 9.17) is 5.73 Å². The first-order valence-electron chi connectivity index (χ1n) is 5.53. The molecule has 2 atom stereocenters. The fraction of sp³-hybridized carbons (Fsp3) is 0.500. The molecule has 1 aromatic rings. The Bertz CT molecular complexity index is 326. The second-order valence-corrected chi connectivity index (χ2v) is 4.09. The van der Waals surface area contributed by atoms with Crippen molar-refractivity contribution in [1.29, 1.82) is 0 Å². The number of rotatable bonds is 5. The lowest BCUT2D eigenvalue weighted by Crippen LogP contribution is -2.29. The third-order valence-electron chi connectivity index (χ3n) is 2.45. The van der Waals surface area contributed by atoms with Crippen LogP contribution >= 0.6 is 0 Å². The zero-order valence-corrected chi connectivity index (χ0v) is 9.81. The monoisotopic (exact) mass is 221 g/mol. The normalized spacial score (nSPS) is 14.2. The predicted octanol–water partition coefficient (Wildman–Crippen LogP) is 1.24. The number of hydrogen-bond acceptors (Lipinski definition) is 3. The molecule has 1 heterocycles. The van der Waals surface area contributed by atoms with Crippen molar-refractivity contribution in [3.8, 4) is 0 Å². The lowest BCUT2D eigenvalue weighted by Gasteiger charge is -2.14. The highest BCUT2D eigenvalue weighted by Gasteiger charge is 2.12. The van der Waals surface area contributed by atoms with E-state index < -0.39 is 0 Å². The average molecular weight is 221 g/mol. The number of carbonyl (C=O) groups excluding carboxylic acids is 1. The molecule has 1 aromatic heterocycles. The van der Waals surface area contributed by atoms with Crippen LogP contribution in [0.4, 0.5) is 0 Å². The van der Waals surface area contributed by atoms with Crippen LogP contribution in [0.2, 0.25) is 0 Å². The third-order valence-corrected chi connectivity index (χ3v) is 2.45. The van der Waals surface area contributed by atoms with Gasteiger partial charge < -0.3 is 11.1 Å². The Hall–Kier alpha value is -1.42. The van der Waals surface area contributed by atoms with Crippen molar-refractivity contribution in [2.24, 2.45) is 11.7 Å². The number of hydrogen-bond donors (Lipinski definition) is 2. The molecule has 0 saturated carbocycles. The van der Waals surface area contributed by atoms with Gasteiger partial charge in [-0.1, -0.05) is 13.0 Å². The molecular formula is C12H19N3O. The van der Waals surface area contributed by atoms with Crippen molar-refractivity contribution in [3.05, 3.63) is 30.1 Å². The number of carbonyl (C=O) groups is 1. The van der Waals surface area contributed by atoms with E-state index in [-0.39, 0.29) is 17.9 Å². The summed E-state index contributed by atoms with van der Waals surface area (Å²) in [5, 5.41) is 2.90. The van der Waals surface area contributed by atoms with E-state index in [1.807, 2.05) is 32.0 Å². The molecule has 1 unspecified atom stereocenters. The summed E-state index contributed by atoms with van der Waals surface area (Å²) in [5.74, 6) is 0.243. The average Bonchev–Trinajstić information content (AvgIpc) is 2.29.